The first-order valence-corrected chi connectivity index (χ1v) is 14.5. The van der Waals surface area contributed by atoms with Crippen LogP contribution in [0.1, 0.15) is 29.5 Å². The van der Waals surface area contributed by atoms with Crippen LogP contribution in [0.4, 0.5) is 10.1 Å². The van der Waals surface area contributed by atoms with Crippen molar-refractivity contribution in [3.8, 4) is 5.75 Å². The third-order valence-electron chi connectivity index (χ3n) is 9.41. The number of Topliss-reactive ketones (excluding diaryl/α,β-unsaturated/α-hetero) is 2. The molecule has 0 heterocycles. The molecule has 3 aliphatic carbocycles. The van der Waals surface area contributed by atoms with Gasteiger partial charge in [0.25, 0.3) is 5.91 Å². The van der Waals surface area contributed by atoms with E-state index in [9.17, 15) is 49.1 Å². The normalized spacial score (nSPS) is 28.0. The number of nitrogens with two attached hydrogens (primary N) is 1. The highest BCUT2D eigenvalue weighted by molar-refractivity contribution is 6.24. The Morgan fingerprint density at radius 3 is 2.28 bits per heavy atom. The van der Waals surface area contributed by atoms with Crippen molar-refractivity contribution in [3.05, 3.63) is 75.8 Å². The van der Waals surface area contributed by atoms with Crippen LogP contribution >= 0.6 is 0 Å². The zero-order valence-corrected chi connectivity index (χ0v) is 25.4. The van der Waals surface area contributed by atoms with Gasteiger partial charge < -0.3 is 41.9 Å². The summed E-state index contributed by atoms with van der Waals surface area (Å²) in [5.74, 6) is -11.1. The van der Waals surface area contributed by atoms with Gasteiger partial charge in [-0.15, -0.1) is 0 Å². The SMILES string of the molecule is CN[C@@H](Cc1ccc(F)cc1)C(=O)Nc1ccc2c(c1O)C(O)=C1C(=O)[C@]3(O)C(O)=C(C(N)=O)C(=O)[C@@H](N(C)C)C3[C@@H](O)C1[C@H]2C. The molecule has 2 aromatic carbocycles. The van der Waals surface area contributed by atoms with Gasteiger partial charge in [-0.05, 0) is 62.8 Å². The van der Waals surface area contributed by atoms with E-state index in [-0.39, 0.29) is 23.2 Å². The molecule has 5 rings (SSSR count). The van der Waals surface area contributed by atoms with Crippen LogP contribution in [0, 0.1) is 17.7 Å². The number of fused-ring (bicyclic) bond motifs is 3. The topological polar surface area (TPSA) is 223 Å². The Bertz CT molecular complexity index is 1720. The van der Waals surface area contributed by atoms with Gasteiger partial charge in [-0.1, -0.05) is 25.1 Å². The number of carbonyl (C=O) groups is 4. The van der Waals surface area contributed by atoms with Gasteiger partial charge in [-0.2, -0.15) is 0 Å². The number of amides is 2. The van der Waals surface area contributed by atoms with E-state index >= 15 is 0 Å². The van der Waals surface area contributed by atoms with Crippen molar-refractivity contribution in [1.82, 2.24) is 10.2 Å². The minimum absolute atomic E-state index is 0.129. The van der Waals surface area contributed by atoms with Crippen molar-refractivity contribution >= 4 is 34.8 Å². The number of aliphatic hydroxyl groups is 4. The molecule has 0 spiro atoms. The predicted molar refractivity (Wildman–Crippen MR) is 162 cm³/mol. The molecule has 0 bridgehead atoms. The first kappa shape index (κ1) is 32.8. The molecular weight excluding hydrogens is 603 g/mol. The number of phenols is 1. The number of nitrogens with zero attached hydrogens (tertiary/aromatic N) is 1. The Morgan fingerprint density at radius 1 is 1.09 bits per heavy atom. The quantitative estimate of drug-likeness (QED) is 0.153. The van der Waals surface area contributed by atoms with Gasteiger partial charge in [0.1, 0.15) is 28.7 Å². The van der Waals surface area contributed by atoms with Crippen molar-refractivity contribution in [2.75, 3.05) is 26.5 Å². The lowest BCUT2D eigenvalue weighted by molar-refractivity contribution is -0.169. The van der Waals surface area contributed by atoms with Crippen molar-refractivity contribution in [2.24, 2.45) is 17.6 Å². The number of halogens is 1. The molecule has 7 atom stereocenters. The van der Waals surface area contributed by atoms with Crippen LogP contribution < -0.4 is 16.4 Å². The highest BCUT2D eigenvalue weighted by atomic mass is 19.1. The van der Waals surface area contributed by atoms with Gasteiger partial charge in [0.05, 0.1) is 35.4 Å². The van der Waals surface area contributed by atoms with Crippen molar-refractivity contribution in [3.63, 3.8) is 0 Å². The van der Waals surface area contributed by atoms with Crippen LogP contribution in [0.15, 0.2) is 53.3 Å². The van der Waals surface area contributed by atoms with E-state index in [0.29, 0.717) is 5.56 Å². The number of hydrogen-bond donors (Lipinski definition) is 8. The van der Waals surface area contributed by atoms with Crippen molar-refractivity contribution < 1.29 is 49.1 Å². The van der Waals surface area contributed by atoms with E-state index < -0.39 is 99.2 Å². The number of primary amides is 1. The molecule has 0 radical (unpaired) electrons. The fourth-order valence-corrected chi connectivity index (χ4v) is 7.12. The van der Waals surface area contributed by atoms with E-state index in [2.05, 4.69) is 10.6 Å². The third-order valence-corrected chi connectivity index (χ3v) is 9.41. The number of phenolic OH excluding ortho intramolecular Hbond substituents is 1. The molecule has 0 saturated heterocycles. The second kappa shape index (κ2) is 11.6. The Labute approximate surface area is 262 Å². The summed E-state index contributed by atoms with van der Waals surface area (Å²) in [5.41, 5.74) is 1.32. The minimum atomic E-state index is -3.04. The fourth-order valence-electron chi connectivity index (χ4n) is 7.12. The number of carbonyl (C=O) groups excluding carboxylic acids is 4. The standard InChI is InChI=1S/C32H35FN4O9/c1-12-15-9-10-16(36-31(45)17(35-2)11-13-5-7-14(33)8-6-13)24(38)19(15)25(39)20-18(12)26(40)22-23(37(3)4)27(41)21(30(34)44)29(43)32(22,46)28(20)42/h5-10,12,17-18,22-23,26,35,38-40,43,46H,11H2,1-4H3,(H2,34,44)(H,36,45)/t12-,17-,18?,22?,23-,26-,32-/m0/s1. The summed E-state index contributed by atoms with van der Waals surface area (Å²) < 4.78 is 13.3. The van der Waals surface area contributed by atoms with E-state index in [0.717, 1.165) is 0 Å². The van der Waals surface area contributed by atoms with Gasteiger partial charge >= 0.3 is 0 Å². The number of aromatic hydroxyl groups is 1. The van der Waals surface area contributed by atoms with Crippen LogP contribution in [-0.4, -0.2) is 98.7 Å². The molecular formula is C32H35FN4O9. The Balaban J connectivity index is 1.59. The first-order chi connectivity index (χ1) is 21.6. The number of rotatable bonds is 7. The van der Waals surface area contributed by atoms with Crippen LogP contribution in [0.2, 0.25) is 0 Å². The molecule has 2 aromatic rings. The zero-order valence-electron chi connectivity index (χ0n) is 25.4. The van der Waals surface area contributed by atoms with Crippen LogP contribution in [-0.2, 0) is 25.6 Å². The number of likely N-dealkylation sites (N-methyl/N-ethyl adjacent to an activating group) is 2. The highest BCUT2D eigenvalue weighted by Gasteiger charge is 2.68. The molecule has 46 heavy (non-hydrogen) atoms. The fraction of sp³-hybridized carbons (Fsp3) is 0.375. The molecule has 13 nitrogen and oxygen atoms in total. The van der Waals surface area contributed by atoms with Crippen molar-refractivity contribution in [1.29, 1.82) is 0 Å². The largest absolute Gasteiger partial charge is 0.508 e. The van der Waals surface area contributed by atoms with E-state index in [1.165, 1.54) is 55.4 Å². The summed E-state index contributed by atoms with van der Waals surface area (Å²) in [6.45, 7) is 1.61. The van der Waals surface area contributed by atoms with Gasteiger partial charge in [0.2, 0.25) is 11.7 Å². The Hall–Kier alpha value is -4.63. The monoisotopic (exact) mass is 638 g/mol. The average molecular weight is 639 g/mol. The molecule has 2 unspecified atom stereocenters. The number of aliphatic hydroxyl groups excluding tert-OH is 3. The molecule has 244 valence electrons. The third kappa shape index (κ3) is 4.76. The van der Waals surface area contributed by atoms with Gasteiger partial charge in [-0.25, -0.2) is 4.39 Å². The molecule has 2 amide bonds. The second-order valence-electron chi connectivity index (χ2n) is 12.1. The summed E-state index contributed by atoms with van der Waals surface area (Å²) in [4.78, 5) is 54.1. The summed E-state index contributed by atoms with van der Waals surface area (Å²) >= 11 is 0. The maximum Gasteiger partial charge on any atom is 0.255 e. The lowest BCUT2D eigenvalue weighted by atomic mass is 9.54. The molecule has 3 aliphatic rings. The van der Waals surface area contributed by atoms with Crippen LogP contribution in [0.5, 0.6) is 5.75 Å². The molecule has 14 heteroatoms. The first-order valence-electron chi connectivity index (χ1n) is 14.5. The Kier molecular flexibility index (Phi) is 8.28. The maximum absolute atomic E-state index is 14.1. The molecule has 9 N–H and O–H groups in total. The zero-order chi connectivity index (χ0) is 34.0. The lowest BCUT2D eigenvalue weighted by Gasteiger charge is -2.53. The van der Waals surface area contributed by atoms with Crippen LogP contribution in [0.25, 0.3) is 5.76 Å². The van der Waals surface area contributed by atoms with Crippen LogP contribution in [0.3, 0.4) is 0 Å². The lowest BCUT2D eigenvalue weighted by Crippen LogP contribution is -2.70. The summed E-state index contributed by atoms with van der Waals surface area (Å²) in [6, 6.07) is 6.19. The van der Waals surface area contributed by atoms with Gasteiger partial charge in [0, 0.05) is 11.5 Å². The van der Waals surface area contributed by atoms with Gasteiger partial charge in [0.15, 0.2) is 11.4 Å². The van der Waals surface area contributed by atoms with E-state index in [4.69, 9.17) is 5.73 Å². The number of anilines is 1. The molecule has 0 aliphatic heterocycles. The number of ketones is 2. The maximum atomic E-state index is 14.1. The summed E-state index contributed by atoms with van der Waals surface area (Å²) in [6.07, 6.45) is -1.55. The average Bonchev–Trinajstić information content (AvgIpc) is 2.99. The smallest absolute Gasteiger partial charge is 0.255 e. The highest BCUT2D eigenvalue weighted by Crippen LogP contribution is 2.56. The predicted octanol–water partition coefficient (Wildman–Crippen LogP) is 0.404. The van der Waals surface area contributed by atoms with Gasteiger partial charge in [-0.3, -0.25) is 24.1 Å². The second-order valence-corrected chi connectivity index (χ2v) is 12.1. The summed E-state index contributed by atoms with van der Waals surface area (Å²) in [5, 5.41) is 62.8. The number of benzene rings is 2. The van der Waals surface area contributed by atoms with E-state index in [1.807, 2.05) is 0 Å². The molecule has 0 aromatic heterocycles. The van der Waals surface area contributed by atoms with Crippen molar-refractivity contribution in [2.45, 2.75) is 43.1 Å². The number of nitrogens with one attached hydrogen (secondary N) is 2. The Morgan fingerprint density at radius 2 is 1.72 bits per heavy atom. The molecule has 1 fully saturated rings. The molecule has 1 saturated carbocycles. The minimum Gasteiger partial charge on any atom is -0.508 e. The van der Waals surface area contributed by atoms with E-state index in [1.54, 1.807) is 14.0 Å². The number of hydrogen-bond acceptors (Lipinski definition) is 11. The summed E-state index contributed by atoms with van der Waals surface area (Å²) in [7, 11) is 4.40.